The zero-order valence-electron chi connectivity index (χ0n) is 7.46. The number of halogens is 1. The summed E-state index contributed by atoms with van der Waals surface area (Å²) in [6.45, 7) is 1.22. The van der Waals surface area contributed by atoms with Crippen LogP contribution >= 0.6 is 11.6 Å². The Hall–Kier alpha value is -0.610. The van der Waals surface area contributed by atoms with E-state index in [2.05, 4.69) is 4.74 Å². The van der Waals surface area contributed by atoms with E-state index < -0.39 is 23.9 Å². The molecule has 0 rings (SSSR count). The van der Waals surface area contributed by atoms with Crippen LogP contribution < -0.4 is 0 Å². The predicted octanol–water partition coefficient (Wildman–Crippen LogP) is 0.846. The lowest BCUT2D eigenvalue weighted by molar-refractivity contribution is -0.156. The van der Waals surface area contributed by atoms with Crippen LogP contribution in [0, 0.1) is 0 Å². The summed E-state index contributed by atoms with van der Waals surface area (Å²) in [4.78, 5) is 21.3. The highest BCUT2D eigenvalue weighted by Crippen LogP contribution is 2.08. The van der Waals surface area contributed by atoms with E-state index in [1.54, 1.807) is 0 Å². The molecule has 76 valence electrons. The number of esters is 1. The first-order valence-corrected chi connectivity index (χ1v) is 4.49. The minimum absolute atomic E-state index is 0.407. The largest absolute Gasteiger partial charge is 0.451 e. The second kappa shape index (κ2) is 6.86. The van der Waals surface area contributed by atoms with Crippen LogP contribution in [-0.4, -0.2) is 29.0 Å². The van der Waals surface area contributed by atoms with Gasteiger partial charge in [0.15, 0.2) is 6.10 Å². The Labute approximate surface area is 81.8 Å². The maximum absolute atomic E-state index is 10.7. The van der Waals surface area contributed by atoms with Gasteiger partial charge in [-0.15, -0.1) is 0 Å². The topological polar surface area (TPSA) is 63.6 Å². The molecule has 0 spiro atoms. The highest BCUT2D eigenvalue weighted by atomic mass is 35.5. The summed E-state index contributed by atoms with van der Waals surface area (Å²) < 4.78 is 4.59. The smallest absolute Gasteiger partial charge is 0.332 e. The van der Waals surface area contributed by atoms with E-state index in [1.807, 2.05) is 6.92 Å². The van der Waals surface area contributed by atoms with Gasteiger partial charge in [-0.3, -0.25) is 4.79 Å². The number of unbranched alkanes of at least 4 members (excludes halogenated alkanes) is 1. The first kappa shape index (κ1) is 12.4. The number of hydrogen-bond acceptors (Lipinski definition) is 4. The van der Waals surface area contributed by atoms with Crippen LogP contribution in [0.15, 0.2) is 0 Å². The minimum atomic E-state index is -0.915. The average Bonchev–Trinajstić information content (AvgIpc) is 2.11. The maximum atomic E-state index is 10.7. The van der Waals surface area contributed by atoms with Gasteiger partial charge in [-0.2, -0.15) is 0 Å². The molecular weight excluding hydrogens is 196 g/mol. The third-order valence-corrected chi connectivity index (χ3v) is 1.72. The molecule has 1 unspecified atom stereocenters. The molecule has 1 atom stereocenters. The molecule has 13 heavy (non-hydrogen) atoms. The van der Waals surface area contributed by atoms with Crippen LogP contribution in [-0.2, 0) is 14.3 Å². The Balaban J connectivity index is 3.94. The van der Waals surface area contributed by atoms with E-state index >= 15 is 0 Å². The minimum Gasteiger partial charge on any atom is -0.451 e. The Morgan fingerprint density at radius 2 is 2.15 bits per heavy atom. The summed E-state index contributed by atoms with van der Waals surface area (Å²) in [6.07, 6.45) is 1.13. The highest BCUT2D eigenvalue weighted by molar-refractivity contribution is 6.64. The van der Waals surface area contributed by atoms with Gasteiger partial charge in [-0.25, -0.2) is 4.79 Å². The molecule has 0 aliphatic rings. The Morgan fingerprint density at radius 3 is 2.54 bits per heavy atom. The third kappa shape index (κ3) is 5.60. The number of ether oxygens (including phenoxy) is 1. The summed E-state index contributed by atoms with van der Waals surface area (Å²) >= 11 is 5.18. The second-order valence-corrected chi connectivity index (χ2v) is 2.96. The van der Waals surface area contributed by atoms with Crippen molar-refractivity contribution >= 4 is 22.8 Å². The lowest BCUT2D eigenvalue weighted by Gasteiger charge is -2.12. The molecule has 0 heterocycles. The molecule has 0 aromatic rings. The standard InChI is InChI=1S/C8H13ClO4/c1-2-3-4-6(8(9)12)13-7(11)5-10/h6,10H,2-5H2,1H3. The summed E-state index contributed by atoms with van der Waals surface area (Å²) in [5.41, 5.74) is 0. The van der Waals surface area contributed by atoms with Crippen LogP contribution in [0.1, 0.15) is 26.2 Å². The first-order chi connectivity index (χ1) is 6.11. The normalized spacial score (nSPS) is 12.2. The van der Waals surface area contributed by atoms with Crippen LogP contribution in [0.25, 0.3) is 0 Å². The number of carbonyl (C=O) groups excluding carboxylic acids is 2. The fourth-order valence-corrected chi connectivity index (χ4v) is 0.958. The molecule has 0 aromatic heterocycles. The van der Waals surface area contributed by atoms with Crippen molar-refractivity contribution < 1.29 is 19.4 Å². The van der Waals surface area contributed by atoms with Gasteiger partial charge in [0.05, 0.1) is 0 Å². The van der Waals surface area contributed by atoms with E-state index in [4.69, 9.17) is 16.7 Å². The first-order valence-electron chi connectivity index (χ1n) is 4.11. The number of aliphatic hydroxyl groups excluding tert-OH is 1. The zero-order chi connectivity index (χ0) is 10.3. The predicted molar refractivity (Wildman–Crippen MR) is 47.4 cm³/mol. The Morgan fingerprint density at radius 1 is 1.54 bits per heavy atom. The number of carbonyl (C=O) groups is 2. The molecule has 1 N–H and O–H groups in total. The molecule has 0 aromatic carbocycles. The molecule has 0 saturated heterocycles. The van der Waals surface area contributed by atoms with E-state index in [0.29, 0.717) is 6.42 Å². The fourth-order valence-electron chi connectivity index (χ4n) is 0.804. The molecule has 0 aliphatic heterocycles. The highest BCUT2D eigenvalue weighted by Gasteiger charge is 2.19. The summed E-state index contributed by atoms with van der Waals surface area (Å²) in [5, 5.41) is 7.66. The summed E-state index contributed by atoms with van der Waals surface area (Å²) in [5.74, 6) is -0.824. The van der Waals surface area contributed by atoms with Gasteiger partial charge in [-0.05, 0) is 24.4 Å². The van der Waals surface area contributed by atoms with Gasteiger partial charge < -0.3 is 9.84 Å². The summed E-state index contributed by atoms with van der Waals surface area (Å²) in [7, 11) is 0. The molecular formula is C8H13ClO4. The van der Waals surface area contributed by atoms with Crippen molar-refractivity contribution in [1.29, 1.82) is 0 Å². The number of hydrogen-bond donors (Lipinski definition) is 1. The van der Waals surface area contributed by atoms with Gasteiger partial charge in [0.2, 0.25) is 0 Å². The zero-order valence-corrected chi connectivity index (χ0v) is 8.21. The van der Waals surface area contributed by atoms with Gasteiger partial charge in [0, 0.05) is 0 Å². The van der Waals surface area contributed by atoms with Crippen molar-refractivity contribution in [2.24, 2.45) is 0 Å². The summed E-state index contributed by atoms with van der Waals surface area (Å²) in [6, 6.07) is 0. The van der Waals surface area contributed by atoms with E-state index in [1.165, 1.54) is 0 Å². The monoisotopic (exact) mass is 208 g/mol. The average molecular weight is 209 g/mol. The molecule has 0 amide bonds. The molecule has 4 nitrogen and oxygen atoms in total. The van der Waals surface area contributed by atoms with E-state index in [-0.39, 0.29) is 0 Å². The van der Waals surface area contributed by atoms with E-state index in [0.717, 1.165) is 12.8 Å². The quantitative estimate of drug-likeness (QED) is 0.519. The molecule has 0 aliphatic carbocycles. The Kier molecular flexibility index (Phi) is 6.54. The molecule has 0 bridgehead atoms. The van der Waals surface area contributed by atoms with Crippen molar-refractivity contribution in [2.45, 2.75) is 32.3 Å². The molecule has 0 saturated carbocycles. The maximum Gasteiger partial charge on any atom is 0.332 e. The lowest BCUT2D eigenvalue weighted by atomic mass is 10.2. The van der Waals surface area contributed by atoms with Crippen molar-refractivity contribution in [1.82, 2.24) is 0 Å². The van der Waals surface area contributed by atoms with Crippen LogP contribution in [0.3, 0.4) is 0 Å². The SMILES string of the molecule is CCCCC(OC(=O)CO)C(=O)Cl. The van der Waals surface area contributed by atoms with Gasteiger partial charge in [0.25, 0.3) is 5.24 Å². The van der Waals surface area contributed by atoms with Crippen LogP contribution in [0.5, 0.6) is 0 Å². The van der Waals surface area contributed by atoms with Crippen molar-refractivity contribution in [2.75, 3.05) is 6.61 Å². The van der Waals surface area contributed by atoms with Crippen LogP contribution in [0.2, 0.25) is 0 Å². The fraction of sp³-hybridized carbons (Fsp3) is 0.750. The Bertz CT molecular complexity index is 181. The molecule has 0 fully saturated rings. The van der Waals surface area contributed by atoms with Crippen molar-refractivity contribution in [3.8, 4) is 0 Å². The molecule has 0 radical (unpaired) electrons. The van der Waals surface area contributed by atoms with Crippen molar-refractivity contribution in [3.63, 3.8) is 0 Å². The number of aliphatic hydroxyl groups is 1. The lowest BCUT2D eigenvalue weighted by Crippen LogP contribution is -2.25. The third-order valence-electron chi connectivity index (χ3n) is 1.48. The van der Waals surface area contributed by atoms with Gasteiger partial charge >= 0.3 is 5.97 Å². The van der Waals surface area contributed by atoms with Gasteiger partial charge in [-0.1, -0.05) is 13.3 Å². The second-order valence-electron chi connectivity index (χ2n) is 2.58. The van der Waals surface area contributed by atoms with Crippen LogP contribution in [0.4, 0.5) is 0 Å². The number of rotatable bonds is 6. The van der Waals surface area contributed by atoms with Crippen molar-refractivity contribution in [3.05, 3.63) is 0 Å². The van der Waals surface area contributed by atoms with Gasteiger partial charge in [0.1, 0.15) is 6.61 Å². The molecule has 5 heteroatoms. The van der Waals surface area contributed by atoms with E-state index in [9.17, 15) is 9.59 Å².